The Hall–Kier alpha value is -1.20. The SMILES string of the molecule is CCCNC(CCO)c1ccc(OC(F)F)cc1. The van der Waals surface area contributed by atoms with Crippen LogP contribution < -0.4 is 10.1 Å². The second-order valence-corrected chi connectivity index (χ2v) is 3.97. The monoisotopic (exact) mass is 259 g/mol. The summed E-state index contributed by atoms with van der Waals surface area (Å²) in [5, 5.41) is 12.3. The molecule has 0 aliphatic carbocycles. The molecule has 0 radical (unpaired) electrons. The largest absolute Gasteiger partial charge is 0.435 e. The summed E-state index contributed by atoms with van der Waals surface area (Å²) in [5.74, 6) is 0.145. The lowest BCUT2D eigenvalue weighted by atomic mass is 10.0. The molecule has 0 amide bonds. The molecule has 0 saturated heterocycles. The fourth-order valence-electron chi connectivity index (χ4n) is 1.72. The van der Waals surface area contributed by atoms with Gasteiger partial charge >= 0.3 is 6.61 Å². The molecule has 1 unspecified atom stereocenters. The minimum atomic E-state index is -2.80. The predicted molar refractivity (Wildman–Crippen MR) is 65.8 cm³/mol. The average Bonchev–Trinajstić information content (AvgIpc) is 2.35. The van der Waals surface area contributed by atoms with E-state index in [2.05, 4.69) is 17.0 Å². The van der Waals surface area contributed by atoms with Crippen molar-refractivity contribution in [2.45, 2.75) is 32.4 Å². The Morgan fingerprint density at radius 3 is 2.44 bits per heavy atom. The zero-order valence-corrected chi connectivity index (χ0v) is 10.4. The second kappa shape index (κ2) is 8.00. The molecule has 2 N–H and O–H groups in total. The molecular formula is C13H19F2NO2. The maximum absolute atomic E-state index is 12.0. The zero-order valence-electron chi connectivity index (χ0n) is 10.4. The summed E-state index contributed by atoms with van der Waals surface area (Å²) in [7, 11) is 0. The van der Waals surface area contributed by atoms with Gasteiger partial charge in [0.15, 0.2) is 0 Å². The normalized spacial score (nSPS) is 12.7. The third kappa shape index (κ3) is 4.98. The highest BCUT2D eigenvalue weighted by atomic mass is 19.3. The third-order valence-electron chi connectivity index (χ3n) is 2.57. The summed E-state index contributed by atoms with van der Waals surface area (Å²) in [4.78, 5) is 0. The molecule has 1 atom stereocenters. The Bertz CT molecular complexity index is 330. The van der Waals surface area contributed by atoms with Gasteiger partial charge in [-0.05, 0) is 37.1 Å². The minimum absolute atomic E-state index is 0.0375. The van der Waals surface area contributed by atoms with Crippen molar-refractivity contribution < 1.29 is 18.6 Å². The molecular weight excluding hydrogens is 240 g/mol. The van der Waals surface area contributed by atoms with Crippen molar-refractivity contribution in [3.63, 3.8) is 0 Å². The fourth-order valence-corrected chi connectivity index (χ4v) is 1.72. The molecule has 1 rings (SSSR count). The van der Waals surface area contributed by atoms with Gasteiger partial charge in [-0.3, -0.25) is 0 Å². The van der Waals surface area contributed by atoms with E-state index >= 15 is 0 Å². The van der Waals surface area contributed by atoms with Gasteiger partial charge < -0.3 is 15.2 Å². The molecule has 0 bridgehead atoms. The van der Waals surface area contributed by atoms with Gasteiger partial charge in [-0.25, -0.2) is 0 Å². The summed E-state index contributed by atoms with van der Waals surface area (Å²) in [6.07, 6.45) is 1.59. The highest BCUT2D eigenvalue weighted by Crippen LogP contribution is 2.21. The number of halogens is 2. The van der Waals surface area contributed by atoms with Crippen molar-refractivity contribution in [3.8, 4) is 5.75 Å². The topological polar surface area (TPSA) is 41.5 Å². The van der Waals surface area contributed by atoms with Gasteiger partial charge in [-0.1, -0.05) is 19.1 Å². The highest BCUT2D eigenvalue weighted by molar-refractivity contribution is 5.29. The molecule has 3 nitrogen and oxygen atoms in total. The van der Waals surface area contributed by atoms with E-state index in [1.807, 2.05) is 0 Å². The molecule has 0 aromatic heterocycles. The van der Waals surface area contributed by atoms with Gasteiger partial charge in [-0.15, -0.1) is 0 Å². The second-order valence-electron chi connectivity index (χ2n) is 3.97. The van der Waals surface area contributed by atoms with E-state index in [4.69, 9.17) is 5.11 Å². The van der Waals surface area contributed by atoms with E-state index in [0.717, 1.165) is 18.5 Å². The van der Waals surface area contributed by atoms with Crippen molar-refractivity contribution in [1.29, 1.82) is 0 Å². The van der Waals surface area contributed by atoms with Gasteiger partial charge in [0, 0.05) is 12.6 Å². The Kier molecular flexibility index (Phi) is 6.60. The first-order chi connectivity index (χ1) is 8.67. The summed E-state index contributed by atoms with van der Waals surface area (Å²) in [6.45, 7) is 0.182. The number of ether oxygens (including phenoxy) is 1. The van der Waals surface area contributed by atoms with Gasteiger partial charge in [0.2, 0.25) is 0 Å². The molecule has 0 heterocycles. The molecule has 0 aliphatic rings. The van der Waals surface area contributed by atoms with Gasteiger partial charge in [-0.2, -0.15) is 8.78 Å². The Balaban J connectivity index is 2.67. The summed E-state index contributed by atoms with van der Waals surface area (Å²) in [5.41, 5.74) is 0.958. The lowest BCUT2D eigenvalue weighted by Crippen LogP contribution is -2.23. The summed E-state index contributed by atoms with van der Waals surface area (Å²) in [6, 6.07) is 6.54. The van der Waals surface area contributed by atoms with Crippen molar-refractivity contribution in [1.82, 2.24) is 5.32 Å². The highest BCUT2D eigenvalue weighted by Gasteiger charge is 2.10. The van der Waals surface area contributed by atoms with Crippen LogP contribution in [-0.2, 0) is 0 Å². The lowest BCUT2D eigenvalue weighted by Gasteiger charge is -2.18. The molecule has 102 valence electrons. The van der Waals surface area contributed by atoms with E-state index in [0.29, 0.717) is 6.42 Å². The Morgan fingerprint density at radius 2 is 1.94 bits per heavy atom. The van der Waals surface area contributed by atoms with Crippen LogP contribution in [0.3, 0.4) is 0 Å². The van der Waals surface area contributed by atoms with Crippen LogP contribution >= 0.6 is 0 Å². The van der Waals surface area contributed by atoms with Crippen molar-refractivity contribution in [3.05, 3.63) is 29.8 Å². The maximum Gasteiger partial charge on any atom is 0.387 e. The first-order valence-electron chi connectivity index (χ1n) is 6.06. The standard InChI is InChI=1S/C13H19F2NO2/c1-2-8-16-12(7-9-17)10-3-5-11(6-4-10)18-13(14)15/h3-6,12-13,16-17H,2,7-9H2,1H3. The molecule has 0 spiro atoms. The number of alkyl halides is 2. The third-order valence-corrected chi connectivity index (χ3v) is 2.57. The van der Waals surface area contributed by atoms with Crippen LogP contribution in [0.25, 0.3) is 0 Å². The number of rotatable bonds is 8. The van der Waals surface area contributed by atoms with Crippen molar-refractivity contribution in [2.24, 2.45) is 0 Å². The molecule has 5 heteroatoms. The minimum Gasteiger partial charge on any atom is -0.435 e. The van der Waals surface area contributed by atoms with Crippen LogP contribution in [0.1, 0.15) is 31.4 Å². The van der Waals surface area contributed by atoms with Gasteiger partial charge in [0.1, 0.15) is 5.75 Å². The predicted octanol–water partition coefficient (Wildman–Crippen LogP) is 2.71. The van der Waals surface area contributed by atoms with Crippen molar-refractivity contribution >= 4 is 0 Å². The van der Waals surface area contributed by atoms with Crippen molar-refractivity contribution in [2.75, 3.05) is 13.2 Å². The first kappa shape index (κ1) is 14.9. The van der Waals surface area contributed by atoms with Gasteiger partial charge in [0.25, 0.3) is 0 Å². The number of aliphatic hydroxyl groups excluding tert-OH is 1. The zero-order chi connectivity index (χ0) is 13.4. The van der Waals surface area contributed by atoms with E-state index in [-0.39, 0.29) is 18.4 Å². The number of nitrogens with one attached hydrogen (secondary N) is 1. The maximum atomic E-state index is 12.0. The number of benzene rings is 1. The molecule has 0 saturated carbocycles. The Labute approximate surface area is 106 Å². The van der Waals surface area contributed by atoms with E-state index in [9.17, 15) is 8.78 Å². The van der Waals surface area contributed by atoms with E-state index in [1.54, 1.807) is 12.1 Å². The Morgan fingerprint density at radius 1 is 1.28 bits per heavy atom. The number of aliphatic hydroxyl groups is 1. The van der Waals surface area contributed by atoms with Crippen LogP contribution in [0.4, 0.5) is 8.78 Å². The summed E-state index contributed by atoms with van der Waals surface area (Å²) < 4.78 is 28.3. The van der Waals surface area contributed by atoms with E-state index < -0.39 is 6.61 Å². The van der Waals surface area contributed by atoms with Crippen LogP contribution in [0, 0.1) is 0 Å². The fraction of sp³-hybridized carbons (Fsp3) is 0.538. The molecule has 0 aliphatic heterocycles. The quantitative estimate of drug-likeness (QED) is 0.754. The van der Waals surface area contributed by atoms with Crippen LogP contribution in [0.15, 0.2) is 24.3 Å². The number of hydrogen-bond acceptors (Lipinski definition) is 3. The first-order valence-corrected chi connectivity index (χ1v) is 6.06. The smallest absolute Gasteiger partial charge is 0.387 e. The van der Waals surface area contributed by atoms with Crippen LogP contribution in [-0.4, -0.2) is 24.9 Å². The van der Waals surface area contributed by atoms with Crippen LogP contribution in [0.5, 0.6) is 5.75 Å². The molecule has 0 fully saturated rings. The van der Waals surface area contributed by atoms with E-state index in [1.165, 1.54) is 12.1 Å². The molecule has 1 aromatic rings. The van der Waals surface area contributed by atoms with Crippen LogP contribution in [0.2, 0.25) is 0 Å². The summed E-state index contributed by atoms with van der Waals surface area (Å²) >= 11 is 0. The molecule has 18 heavy (non-hydrogen) atoms. The number of hydrogen-bond donors (Lipinski definition) is 2. The van der Waals surface area contributed by atoms with Gasteiger partial charge in [0.05, 0.1) is 0 Å². The molecule has 1 aromatic carbocycles. The lowest BCUT2D eigenvalue weighted by molar-refractivity contribution is -0.0498. The average molecular weight is 259 g/mol.